The Kier molecular flexibility index (Phi) is 13.4. The van der Waals surface area contributed by atoms with E-state index in [9.17, 15) is 53.7 Å². The van der Waals surface area contributed by atoms with Crippen molar-refractivity contribution in [3.05, 3.63) is 84.9 Å². The molecule has 62 heavy (non-hydrogen) atoms. The van der Waals surface area contributed by atoms with E-state index in [1.54, 1.807) is 18.2 Å². The fourth-order valence-corrected chi connectivity index (χ4v) is 8.62. The molecular weight excluding hydrogens is 923 g/mol. The van der Waals surface area contributed by atoms with Crippen LogP contribution in [-0.2, 0) is 51.1 Å². The number of nitrogens with zero attached hydrogens (tertiary/aromatic N) is 6. The van der Waals surface area contributed by atoms with Crippen LogP contribution in [0.4, 0.5) is 39.8 Å². The Balaban J connectivity index is 1.39. The van der Waals surface area contributed by atoms with Crippen LogP contribution in [0.5, 0.6) is 17.2 Å². The summed E-state index contributed by atoms with van der Waals surface area (Å²) in [5.74, 6) is -1.85. The lowest BCUT2D eigenvalue weighted by Gasteiger charge is -2.13. The van der Waals surface area contributed by atoms with Crippen molar-refractivity contribution in [2.24, 2.45) is 30.7 Å². The molecule has 23 nitrogen and oxygen atoms in total. The van der Waals surface area contributed by atoms with Crippen LogP contribution in [0.25, 0.3) is 21.5 Å². The van der Waals surface area contributed by atoms with Crippen molar-refractivity contribution in [2.45, 2.75) is 19.6 Å². The van der Waals surface area contributed by atoms with E-state index in [-0.39, 0.29) is 49.6 Å². The normalized spacial score (nSPS) is 13.2. The molecule has 0 bridgehead atoms. The Hall–Kier alpha value is -5.89. The van der Waals surface area contributed by atoms with Gasteiger partial charge in [-0.1, -0.05) is 23.2 Å². The molecular formula is C34H27N7O16S5. The van der Waals surface area contributed by atoms with Crippen LogP contribution < -0.4 is 9.46 Å². The summed E-state index contributed by atoms with van der Waals surface area (Å²) in [5.41, 5.74) is -0.685. The molecule has 0 spiro atoms. The van der Waals surface area contributed by atoms with Gasteiger partial charge >= 0.3 is 0 Å². The summed E-state index contributed by atoms with van der Waals surface area (Å²) < 4.78 is 126. The van der Waals surface area contributed by atoms with Crippen molar-refractivity contribution in [3.8, 4) is 17.2 Å². The maximum absolute atomic E-state index is 12.6. The van der Waals surface area contributed by atoms with Crippen LogP contribution >= 0.6 is 12.0 Å². The van der Waals surface area contributed by atoms with Crippen LogP contribution in [0, 0.1) is 0 Å². The average Bonchev–Trinajstić information content (AvgIpc) is 3.20. The maximum Gasteiger partial charge on any atom is 0.296 e. The van der Waals surface area contributed by atoms with Gasteiger partial charge in [0.1, 0.15) is 50.2 Å². The number of phenolic OH excluding ortho intramolecular Hbond substituents is 2. The van der Waals surface area contributed by atoms with E-state index < -0.39 is 84.7 Å². The number of hydrogen-bond acceptors (Lipinski definition) is 21. The number of azo groups is 3. The van der Waals surface area contributed by atoms with Gasteiger partial charge in [-0.2, -0.15) is 35.5 Å². The Morgan fingerprint density at radius 1 is 0.677 bits per heavy atom. The molecule has 7 N–H and O–H groups in total. The number of para-hydroxylation sites is 1. The SMILES string of the molecule is COc1cc(N=Nc2ccc3c(S(=O)(=O)O)cc(S(=O)(=O)O)cc3c2)ccc1N=Nc1c(S(=O)(=O)O)cc2cc(SOOO)c(N=Nc3ccccc3N[S+](C)[O-])c(O)c2c1O. The van der Waals surface area contributed by atoms with Crippen molar-refractivity contribution < 1.29 is 73.0 Å². The predicted octanol–water partition coefficient (Wildman–Crippen LogP) is 8.53. The summed E-state index contributed by atoms with van der Waals surface area (Å²) in [5, 5.41) is 58.7. The molecule has 0 aromatic heterocycles. The minimum atomic E-state index is -5.17. The van der Waals surface area contributed by atoms with E-state index >= 15 is 0 Å². The van der Waals surface area contributed by atoms with Gasteiger partial charge in [-0.05, 0) is 71.4 Å². The van der Waals surface area contributed by atoms with Crippen LogP contribution in [0.3, 0.4) is 0 Å². The highest BCUT2D eigenvalue weighted by Crippen LogP contribution is 2.51. The molecule has 6 aromatic carbocycles. The third-order valence-electron chi connectivity index (χ3n) is 8.25. The second kappa shape index (κ2) is 18.2. The van der Waals surface area contributed by atoms with Crippen molar-refractivity contribution in [1.82, 2.24) is 0 Å². The molecule has 1 unspecified atom stereocenters. The topological polar surface area (TPSA) is 361 Å². The van der Waals surface area contributed by atoms with Crippen LogP contribution in [0.1, 0.15) is 0 Å². The first-order chi connectivity index (χ1) is 29.2. The number of anilines is 1. The summed E-state index contributed by atoms with van der Waals surface area (Å²) in [6, 6.07) is 17.6. The van der Waals surface area contributed by atoms with Crippen LogP contribution in [0.15, 0.2) is 135 Å². The number of phenols is 2. The maximum atomic E-state index is 12.6. The number of methoxy groups -OCH3 is 1. The number of aromatic hydroxyl groups is 2. The smallest absolute Gasteiger partial charge is 0.296 e. The lowest BCUT2D eigenvalue weighted by Crippen LogP contribution is -2.09. The molecule has 28 heteroatoms. The van der Waals surface area contributed by atoms with Gasteiger partial charge in [0.15, 0.2) is 11.5 Å². The van der Waals surface area contributed by atoms with E-state index in [1.165, 1.54) is 55.8 Å². The molecule has 0 aliphatic rings. The largest absolute Gasteiger partial charge is 0.593 e. The quantitative estimate of drug-likeness (QED) is 0.0126. The van der Waals surface area contributed by atoms with Gasteiger partial charge in [0.05, 0.1) is 57.1 Å². The molecule has 0 heterocycles. The fraction of sp³-hybridized carbons (Fsp3) is 0.0588. The molecule has 0 amide bonds. The van der Waals surface area contributed by atoms with Gasteiger partial charge < -0.3 is 19.5 Å². The third-order valence-corrected chi connectivity index (χ3v) is 12.0. The number of fused-ring (bicyclic) bond motifs is 2. The van der Waals surface area contributed by atoms with Crippen LogP contribution in [-0.4, -0.2) is 72.3 Å². The van der Waals surface area contributed by atoms with Gasteiger partial charge in [0.2, 0.25) is 0 Å². The molecule has 1 atom stereocenters. The summed E-state index contributed by atoms with van der Waals surface area (Å²) in [6.07, 6.45) is 1.38. The minimum absolute atomic E-state index is 0.0343. The van der Waals surface area contributed by atoms with E-state index in [2.05, 4.69) is 44.8 Å². The average molecular weight is 950 g/mol. The summed E-state index contributed by atoms with van der Waals surface area (Å²) in [6.45, 7) is 0. The Morgan fingerprint density at radius 2 is 1.31 bits per heavy atom. The molecule has 0 radical (unpaired) electrons. The predicted molar refractivity (Wildman–Crippen MR) is 221 cm³/mol. The molecule has 0 saturated heterocycles. The zero-order valence-electron chi connectivity index (χ0n) is 31.1. The molecule has 324 valence electrons. The van der Waals surface area contributed by atoms with Gasteiger partial charge in [-0.3, -0.25) is 13.7 Å². The molecule has 0 saturated carbocycles. The van der Waals surface area contributed by atoms with Crippen molar-refractivity contribution in [1.29, 1.82) is 0 Å². The van der Waals surface area contributed by atoms with Gasteiger partial charge in [0, 0.05) is 11.5 Å². The second-order valence-corrected chi connectivity index (χ2v) is 18.3. The summed E-state index contributed by atoms with van der Waals surface area (Å²) >= 11 is -1.21. The van der Waals surface area contributed by atoms with Crippen molar-refractivity contribution in [2.75, 3.05) is 18.1 Å². The Morgan fingerprint density at radius 3 is 1.95 bits per heavy atom. The first-order valence-corrected chi connectivity index (χ1v) is 23.1. The zero-order valence-corrected chi connectivity index (χ0v) is 35.2. The van der Waals surface area contributed by atoms with Crippen LogP contribution in [0.2, 0.25) is 0 Å². The Bertz CT molecular complexity index is 3190. The molecule has 6 aromatic rings. The first kappa shape index (κ1) is 45.6. The lowest BCUT2D eigenvalue weighted by molar-refractivity contribution is -0.432. The summed E-state index contributed by atoms with van der Waals surface area (Å²) in [7, 11) is -13.7. The van der Waals surface area contributed by atoms with Gasteiger partial charge in [-0.25, -0.2) is 9.98 Å². The van der Waals surface area contributed by atoms with E-state index in [4.69, 9.17) is 9.99 Å². The number of benzene rings is 6. The summed E-state index contributed by atoms with van der Waals surface area (Å²) in [4.78, 5) is -2.69. The van der Waals surface area contributed by atoms with Gasteiger partial charge in [-0.15, -0.1) is 24.8 Å². The number of nitrogens with one attached hydrogen (secondary N) is 1. The second-order valence-electron chi connectivity index (χ2n) is 12.2. The number of hydrogen-bond donors (Lipinski definition) is 7. The highest BCUT2D eigenvalue weighted by molar-refractivity contribution is 7.94. The molecule has 0 aliphatic carbocycles. The third kappa shape index (κ3) is 10.2. The zero-order chi connectivity index (χ0) is 45.1. The number of rotatable bonds is 15. The van der Waals surface area contributed by atoms with E-state index in [0.717, 1.165) is 18.2 Å². The lowest BCUT2D eigenvalue weighted by atomic mass is 10.1. The molecule has 0 fully saturated rings. The van der Waals surface area contributed by atoms with Crippen molar-refractivity contribution >= 4 is 115 Å². The van der Waals surface area contributed by atoms with Gasteiger partial charge in [0.25, 0.3) is 30.4 Å². The monoisotopic (exact) mass is 949 g/mol. The van der Waals surface area contributed by atoms with Crippen molar-refractivity contribution in [3.63, 3.8) is 0 Å². The van der Waals surface area contributed by atoms with E-state index in [0.29, 0.717) is 23.8 Å². The Labute approximate surface area is 357 Å². The highest BCUT2D eigenvalue weighted by atomic mass is 32.2. The minimum Gasteiger partial charge on any atom is -0.593 e. The molecule has 0 aliphatic heterocycles. The van der Waals surface area contributed by atoms with E-state index in [1.807, 2.05) is 0 Å². The highest BCUT2D eigenvalue weighted by Gasteiger charge is 2.27. The molecule has 6 rings (SSSR count). The fourth-order valence-electron chi connectivity index (χ4n) is 5.62. The number of ether oxygens (including phenoxy) is 1. The standard InChI is InChI=1S/C34H27N7O16S5/c1-55-26-15-20(36-35-19-7-9-22-17(11-19)12-21(60(46,47)48)16-28(22)61(49,50)51)8-10-25(26)38-40-32-29(62(52,53)54)14-18-13-27(58-57-56-44)31(33(42)30(18)34(32)43)39-37-23-5-3-4-6-24(23)41-59(2)45/h3-16,41-44H,1-2H3,(H,46,47,48)(H,49,50,51)(H,52,53,54). The first-order valence-electron chi connectivity index (χ1n) is 16.5.